The summed E-state index contributed by atoms with van der Waals surface area (Å²) >= 11 is 0. The Balaban J connectivity index is 1.46. The van der Waals surface area contributed by atoms with Crippen molar-refractivity contribution in [1.82, 2.24) is 40.3 Å². The first kappa shape index (κ1) is 30.4. The van der Waals surface area contributed by atoms with Gasteiger partial charge in [0.2, 0.25) is 5.91 Å². The first-order chi connectivity index (χ1) is 21.2. The largest absolute Gasteiger partial charge is 0.493 e. The lowest BCUT2D eigenvalue weighted by atomic mass is 10.0. The van der Waals surface area contributed by atoms with E-state index in [1.807, 2.05) is 32.0 Å². The van der Waals surface area contributed by atoms with E-state index < -0.39 is 11.9 Å². The van der Waals surface area contributed by atoms with Crippen molar-refractivity contribution in [3.05, 3.63) is 71.6 Å². The van der Waals surface area contributed by atoms with E-state index in [9.17, 15) is 14.4 Å². The van der Waals surface area contributed by atoms with Gasteiger partial charge >= 0.3 is 0 Å². The Morgan fingerprint density at radius 3 is 2.66 bits per heavy atom. The Kier molecular flexibility index (Phi) is 9.32. The van der Waals surface area contributed by atoms with Gasteiger partial charge in [-0.2, -0.15) is 5.10 Å². The average molecular weight is 601 g/mol. The molecule has 4 aromatic rings. The molecule has 0 unspecified atom stereocenters. The van der Waals surface area contributed by atoms with Crippen LogP contribution in [0.15, 0.2) is 48.7 Å². The fourth-order valence-electron chi connectivity index (χ4n) is 5.01. The molecule has 0 spiro atoms. The van der Waals surface area contributed by atoms with Crippen LogP contribution in [0.2, 0.25) is 0 Å². The maximum atomic E-state index is 13.7. The van der Waals surface area contributed by atoms with Gasteiger partial charge in [0.1, 0.15) is 23.9 Å². The zero-order valence-electron chi connectivity index (χ0n) is 25.2. The fraction of sp³-hybridized carbons (Fsp3) is 0.387. The van der Waals surface area contributed by atoms with Crippen LogP contribution in [0.5, 0.6) is 11.5 Å². The molecule has 1 aliphatic heterocycles. The molecule has 0 fully saturated rings. The van der Waals surface area contributed by atoms with Crippen molar-refractivity contribution in [1.29, 1.82) is 0 Å². The number of methoxy groups -OCH3 is 1. The van der Waals surface area contributed by atoms with Crippen LogP contribution in [0, 0.1) is 12.8 Å². The van der Waals surface area contributed by atoms with Crippen LogP contribution in [0.25, 0.3) is 11.0 Å². The highest BCUT2D eigenvalue weighted by molar-refractivity contribution is 5.96. The predicted octanol–water partition coefficient (Wildman–Crippen LogP) is 2.71. The van der Waals surface area contributed by atoms with E-state index in [4.69, 9.17) is 9.47 Å². The molecule has 1 aliphatic rings. The zero-order chi connectivity index (χ0) is 31.2. The van der Waals surface area contributed by atoms with Gasteiger partial charge in [0.15, 0.2) is 11.5 Å². The van der Waals surface area contributed by atoms with Crippen molar-refractivity contribution in [3.63, 3.8) is 0 Å². The standard InChI is InChI=1S/C31H36N8O5/c1-19(2)28-29-34-20(3)37-39(29)14-15-44-26-16-21(10-11-25(26)43-4)30(41)32-12-7-13-38(18-27(40)36-28)31(42)24-17-33-22-8-5-6-9-23(22)35-24/h5-6,8-11,16-17,19,28H,7,12-15,18H2,1-4H3,(H,32,41)(H,36,40)/t28-/m0/s1. The number of amides is 3. The molecule has 2 bridgehead atoms. The van der Waals surface area contributed by atoms with Gasteiger partial charge in [-0.15, -0.1) is 0 Å². The third-order valence-corrected chi connectivity index (χ3v) is 7.23. The summed E-state index contributed by atoms with van der Waals surface area (Å²) in [6.45, 7) is 6.54. The second kappa shape index (κ2) is 13.5. The van der Waals surface area contributed by atoms with Crippen LogP contribution in [-0.2, 0) is 11.3 Å². The maximum Gasteiger partial charge on any atom is 0.274 e. The average Bonchev–Trinajstić information content (AvgIpc) is 3.39. The number of hydrogen-bond acceptors (Lipinski definition) is 9. The SMILES string of the molecule is COc1ccc2cc1OCCn1nc(C)nc1[C@H](C(C)C)NC(=O)CN(C(=O)c1cnc3ccccc3n1)CCCNC2=O. The summed E-state index contributed by atoms with van der Waals surface area (Å²) in [5, 5.41) is 10.5. The Bertz CT molecular complexity index is 1670. The first-order valence-electron chi connectivity index (χ1n) is 14.5. The second-order valence-corrected chi connectivity index (χ2v) is 10.8. The molecule has 0 aliphatic carbocycles. The van der Waals surface area contributed by atoms with Gasteiger partial charge in [-0.3, -0.25) is 19.4 Å². The summed E-state index contributed by atoms with van der Waals surface area (Å²) in [5.74, 6) is 0.905. The van der Waals surface area contributed by atoms with Gasteiger partial charge in [0.25, 0.3) is 11.8 Å². The lowest BCUT2D eigenvalue weighted by Gasteiger charge is -2.26. The topological polar surface area (TPSA) is 153 Å². The zero-order valence-corrected chi connectivity index (χ0v) is 25.2. The van der Waals surface area contributed by atoms with Gasteiger partial charge in [-0.05, 0) is 49.6 Å². The van der Waals surface area contributed by atoms with E-state index in [0.717, 1.165) is 0 Å². The number of rotatable bonds is 3. The number of nitrogens with zero attached hydrogens (tertiary/aromatic N) is 6. The van der Waals surface area contributed by atoms with E-state index >= 15 is 0 Å². The van der Waals surface area contributed by atoms with E-state index in [1.54, 1.807) is 35.9 Å². The number of fused-ring (bicyclic) bond motifs is 4. The molecule has 0 radical (unpaired) electrons. The number of para-hydroxylation sites is 2. The van der Waals surface area contributed by atoms with E-state index in [1.165, 1.54) is 18.2 Å². The highest BCUT2D eigenvalue weighted by Crippen LogP contribution is 2.28. The highest BCUT2D eigenvalue weighted by atomic mass is 16.5. The normalized spacial score (nSPS) is 16.8. The van der Waals surface area contributed by atoms with Gasteiger partial charge in [0, 0.05) is 18.7 Å². The quantitative estimate of drug-likeness (QED) is 0.361. The molecule has 13 heteroatoms. The summed E-state index contributed by atoms with van der Waals surface area (Å²) in [6.07, 6.45) is 1.81. The predicted molar refractivity (Wildman–Crippen MR) is 161 cm³/mol. The molecular weight excluding hydrogens is 564 g/mol. The molecule has 3 heterocycles. The first-order valence-corrected chi connectivity index (χ1v) is 14.5. The summed E-state index contributed by atoms with van der Waals surface area (Å²) < 4.78 is 13.2. The summed E-state index contributed by atoms with van der Waals surface area (Å²) in [4.78, 5) is 55.0. The summed E-state index contributed by atoms with van der Waals surface area (Å²) in [7, 11) is 1.53. The van der Waals surface area contributed by atoms with Crippen molar-refractivity contribution in [2.24, 2.45) is 5.92 Å². The molecule has 1 atom stereocenters. The van der Waals surface area contributed by atoms with Crippen LogP contribution in [0.4, 0.5) is 0 Å². The minimum atomic E-state index is -0.475. The van der Waals surface area contributed by atoms with Crippen molar-refractivity contribution in [3.8, 4) is 11.5 Å². The summed E-state index contributed by atoms with van der Waals surface area (Å²) in [5.41, 5.74) is 1.77. The third kappa shape index (κ3) is 6.93. The van der Waals surface area contributed by atoms with E-state index in [-0.39, 0.29) is 49.7 Å². The van der Waals surface area contributed by atoms with Crippen LogP contribution < -0.4 is 20.1 Å². The fourth-order valence-corrected chi connectivity index (χ4v) is 5.01. The number of carbonyl (C=O) groups is 3. The number of nitrogens with one attached hydrogen (secondary N) is 2. The lowest BCUT2D eigenvalue weighted by Crippen LogP contribution is -2.44. The Morgan fingerprint density at radius 2 is 1.89 bits per heavy atom. The number of hydrogen-bond donors (Lipinski definition) is 2. The smallest absolute Gasteiger partial charge is 0.274 e. The molecular formula is C31H36N8O5. The monoisotopic (exact) mass is 600 g/mol. The molecule has 0 saturated carbocycles. The van der Waals surface area contributed by atoms with Crippen LogP contribution in [0.1, 0.15) is 58.8 Å². The molecule has 3 amide bonds. The molecule has 2 N–H and O–H groups in total. The second-order valence-electron chi connectivity index (χ2n) is 10.8. The molecule has 13 nitrogen and oxygen atoms in total. The van der Waals surface area contributed by atoms with Gasteiger partial charge in [0.05, 0.1) is 43.5 Å². The number of aryl methyl sites for hydroxylation is 1. The maximum absolute atomic E-state index is 13.7. The van der Waals surface area contributed by atoms with E-state index in [2.05, 4.69) is 30.7 Å². The molecule has 230 valence electrons. The van der Waals surface area contributed by atoms with Gasteiger partial charge in [-0.25, -0.2) is 14.6 Å². The molecule has 5 rings (SSSR count). The highest BCUT2D eigenvalue weighted by Gasteiger charge is 2.27. The van der Waals surface area contributed by atoms with Gasteiger partial charge in [-0.1, -0.05) is 26.0 Å². The van der Waals surface area contributed by atoms with Crippen molar-refractivity contribution in [2.75, 3.05) is 33.4 Å². The van der Waals surface area contributed by atoms with Gasteiger partial charge < -0.3 is 25.0 Å². The number of benzene rings is 2. The Morgan fingerprint density at radius 1 is 1.09 bits per heavy atom. The van der Waals surface area contributed by atoms with E-state index in [0.29, 0.717) is 52.7 Å². The number of aromatic nitrogens is 5. The van der Waals surface area contributed by atoms with Crippen LogP contribution in [-0.4, -0.2) is 80.7 Å². The van der Waals surface area contributed by atoms with Crippen molar-refractivity contribution in [2.45, 2.75) is 39.8 Å². The molecule has 0 saturated heterocycles. The molecule has 2 aromatic carbocycles. The van der Waals surface area contributed by atoms with Crippen molar-refractivity contribution >= 4 is 28.8 Å². The summed E-state index contributed by atoms with van der Waals surface area (Å²) in [6, 6.07) is 11.8. The third-order valence-electron chi connectivity index (χ3n) is 7.23. The molecule has 2 aromatic heterocycles. The van der Waals surface area contributed by atoms with Crippen LogP contribution in [0.3, 0.4) is 0 Å². The van der Waals surface area contributed by atoms with Crippen LogP contribution >= 0.6 is 0 Å². The molecule has 44 heavy (non-hydrogen) atoms. The minimum Gasteiger partial charge on any atom is -0.493 e. The number of carbonyl (C=O) groups excluding carboxylic acids is 3. The Hall–Kier alpha value is -5.07. The Labute approximate surface area is 255 Å². The minimum absolute atomic E-state index is 0.0321. The van der Waals surface area contributed by atoms with Crippen molar-refractivity contribution < 1.29 is 23.9 Å². The number of ether oxygens (including phenoxy) is 2. The lowest BCUT2D eigenvalue weighted by molar-refractivity contribution is -0.123.